The van der Waals surface area contributed by atoms with Crippen LogP contribution in [0.1, 0.15) is 43.7 Å². The fourth-order valence-corrected chi connectivity index (χ4v) is 4.05. The summed E-state index contributed by atoms with van der Waals surface area (Å²) in [4.78, 5) is 16.7. The van der Waals surface area contributed by atoms with Crippen LogP contribution in [0.25, 0.3) is 0 Å². The van der Waals surface area contributed by atoms with E-state index >= 15 is 0 Å². The van der Waals surface area contributed by atoms with Crippen molar-refractivity contribution < 1.29 is 9.53 Å². The molecule has 0 fully saturated rings. The highest BCUT2D eigenvalue weighted by atomic mass is 32.2. The summed E-state index contributed by atoms with van der Waals surface area (Å²) in [5, 5.41) is 0.638. The number of benzene rings is 1. The minimum absolute atomic E-state index is 0.189. The SMILES string of the molecule is CC1(c2cccc(COC(=O)CC3=CCCC=C3)c2)CCSC(N)=N1. The van der Waals surface area contributed by atoms with Gasteiger partial charge in [0.2, 0.25) is 0 Å². The van der Waals surface area contributed by atoms with Crippen LogP contribution in [0.5, 0.6) is 0 Å². The van der Waals surface area contributed by atoms with Crippen molar-refractivity contribution in [3.8, 4) is 0 Å². The van der Waals surface area contributed by atoms with Gasteiger partial charge in [0, 0.05) is 5.75 Å². The van der Waals surface area contributed by atoms with Gasteiger partial charge in [0.25, 0.3) is 0 Å². The standard InChI is InChI=1S/C20H24N2O2S/c1-20(10-11-25-19(21)22-20)17-9-5-8-16(12-17)14-24-18(23)13-15-6-3-2-4-7-15/h3,5-9,12H,2,4,10-11,13-14H2,1H3,(H2,21,22). The van der Waals surface area contributed by atoms with Gasteiger partial charge < -0.3 is 10.5 Å². The van der Waals surface area contributed by atoms with Gasteiger partial charge in [0.1, 0.15) is 6.61 Å². The van der Waals surface area contributed by atoms with E-state index in [1.54, 1.807) is 11.8 Å². The maximum Gasteiger partial charge on any atom is 0.310 e. The number of carbonyl (C=O) groups is 1. The number of thioether (sulfide) groups is 1. The van der Waals surface area contributed by atoms with Gasteiger partial charge in [0.05, 0.1) is 12.0 Å². The van der Waals surface area contributed by atoms with E-state index in [1.807, 2.05) is 18.2 Å². The van der Waals surface area contributed by atoms with Crippen LogP contribution in [0.2, 0.25) is 0 Å². The minimum atomic E-state index is -0.299. The fraction of sp³-hybridized carbons (Fsp3) is 0.400. The summed E-state index contributed by atoms with van der Waals surface area (Å²) in [6, 6.07) is 8.10. The quantitative estimate of drug-likeness (QED) is 0.808. The van der Waals surface area contributed by atoms with Crippen LogP contribution in [-0.2, 0) is 21.7 Å². The fourth-order valence-electron chi connectivity index (χ4n) is 3.07. The first kappa shape index (κ1) is 17.8. The summed E-state index contributed by atoms with van der Waals surface area (Å²) in [7, 11) is 0. The van der Waals surface area contributed by atoms with Gasteiger partial charge in [0.15, 0.2) is 5.17 Å². The lowest BCUT2D eigenvalue weighted by atomic mass is 9.89. The lowest BCUT2D eigenvalue weighted by molar-refractivity contribution is -0.144. The topological polar surface area (TPSA) is 64.7 Å². The van der Waals surface area contributed by atoms with Gasteiger partial charge in [-0.05, 0) is 49.0 Å². The number of hydrogen-bond donors (Lipinski definition) is 1. The molecule has 1 heterocycles. The second kappa shape index (κ2) is 7.91. The van der Waals surface area contributed by atoms with Gasteiger partial charge in [-0.3, -0.25) is 9.79 Å². The van der Waals surface area contributed by atoms with Crippen LogP contribution in [-0.4, -0.2) is 16.9 Å². The van der Waals surface area contributed by atoms with Crippen molar-refractivity contribution in [3.63, 3.8) is 0 Å². The van der Waals surface area contributed by atoms with E-state index in [0.717, 1.165) is 41.7 Å². The molecule has 1 aliphatic carbocycles. The monoisotopic (exact) mass is 356 g/mol. The molecule has 0 aromatic heterocycles. The lowest BCUT2D eigenvalue weighted by Gasteiger charge is -2.30. The first-order valence-electron chi connectivity index (χ1n) is 8.64. The number of ether oxygens (including phenoxy) is 1. The molecule has 1 aromatic rings. The van der Waals surface area contributed by atoms with Gasteiger partial charge in [-0.15, -0.1) is 0 Å². The summed E-state index contributed by atoms with van der Waals surface area (Å²) in [6.45, 7) is 2.39. The molecule has 132 valence electrons. The van der Waals surface area contributed by atoms with Crippen molar-refractivity contribution in [2.45, 2.75) is 44.8 Å². The number of amidine groups is 1. The molecule has 0 amide bonds. The predicted octanol–water partition coefficient (Wildman–Crippen LogP) is 4.06. The Morgan fingerprint density at radius 2 is 2.28 bits per heavy atom. The van der Waals surface area contributed by atoms with Crippen molar-refractivity contribution in [1.82, 2.24) is 0 Å². The molecule has 0 bridgehead atoms. The zero-order valence-electron chi connectivity index (χ0n) is 14.5. The third kappa shape index (κ3) is 4.75. The molecule has 0 radical (unpaired) electrons. The van der Waals surface area contributed by atoms with Gasteiger partial charge >= 0.3 is 5.97 Å². The summed E-state index contributed by atoms with van der Waals surface area (Å²) in [5.41, 5.74) is 8.74. The number of nitrogens with zero attached hydrogens (tertiary/aromatic N) is 1. The maximum absolute atomic E-state index is 12.0. The Labute approximate surface area is 153 Å². The molecule has 5 heteroatoms. The van der Waals surface area contributed by atoms with E-state index < -0.39 is 0 Å². The number of rotatable bonds is 5. The van der Waals surface area contributed by atoms with E-state index in [2.05, 4.69) is 36.2 Å². The molecule has 25 heavy (non-hydrogen) atoms. The molecule has 0 saturated heterocycles. The normalized spacial score (nSPS) is 22.9. The molecule has 4 nitrogen and oxygen atoms in total. The van der Waals surface area contributed by atoms with E-state index in [1.165, 1.54) is 0 Å². The molecular weight excluding hydrogens is 332 g/mol. The van der Waals surface area contributed by atoms with Gasteiger partial charge in [-0.2, -0.15) is 0 Å². The number of carbonyl (C=O) groups excluding carboxylic acids is 1. The summed E-state index contributed by atoms with van der Waals surface area (Å²) in [5.74, 6) is 0.777. The molecule has 1 unspecified atom stereocenters. The Hall–Kier alpha value is -2.01. The van der Waals surface area contributed by atoms with Crippen molar-refractivity contribution >= 4 is 22.9 Å². The Bertz CT molecular complexity index is 739. The zero-order chi connectivity index (χ0) is 17.7. The molecular formula is C20H24N2O2S. The Kier molecular flexibility index (Phi) is 5.63. The third-order valence-electron chi connectivity index (χ3n) is 4.56. The number of allylic oxidation sites excluding steroid dienone is 3. The number of aliphatic imine (C=N–C) groups is 1. The Morgan fingerprint density at radius 1 is 1.40 bits per heavy atom. The van der Waals surface area contributed by atoms with Crippen molar-refractivity contribution in [2.75, 3.05) is 5.75 Å². The minimum Gasteiger partial charge on any atom is -0.461 e. The van der Waals surface area contributed by atoms with E-state index in [-0.39, 0.29) is 18.1 Å². The highest BCUT2D eigenvalue weighted by Gasteiger charge is 2.29. The van der Waals surface area contributed by atoms with Crippen molar-refractivity contribution in [1.29, 1.82) is 0 Å². The maximum atomic E-state index is 12.0. The van der Waals surface area contributed by atoms with Crippen molar-refractivity contribution in [2.24, 2.45) is 10.7 Å². The molecule has 0 saturated carbocycles. The van der Waals surface area contributed by atoms with Crippen LogP contribution >= 0.6 is 11.8 Å². The van der Waals surface area contributed by atoms with E-state index in [0.29, 0.717) is 11.6 Å². The largest absolute Gasteiger partial charge is 0.461 e. The number of nitrogens with two attached hydrogens (primary N) is 1. The van der Waals surface area contributed by atoms with Gasteiger partial charge in [-0.25, -0.2) is 0 Å². The average Bonchev–Trinajstić information content (AvgIpc) is 2.61. The van der Waals surface area contributed by atoms with Crippen LogP contribution in [0.4, 0.5) is 0 Å². The summed E-state index contributed by atoms with van der Waals surface area (Å²) >= 11 is 1.60. The van der Waals surface area contributed by atoms with Crippen LogP contribution in [0, 0.1) is 0 Å². The summed E-state index contributed by atoms with van der Waals surface area (Å²) in [6.07, 6.45) is 9.55. The molecule has 1 atom stereocenters. The van der Waals surface area contributed by atoms with Crippen LogP contribution < -0.4 is 5.73 Å². The zero-order valence-corrected chi connectivity index (χ0v) is 15.3. The molecule has 3 rings (SSSR count). The van der Waals surface area contributed by atoms with E-state index in [9.17, 15) is 4.79 Å². The number of esters is 1. The number of hydrogen-bond acceptors (Lipinski definition) is 5. The third-order valence-corrected chi connectivity index (χ3v) is 5.36. The van der Waals surface area contributed by atoms with Crippen LogP contribution in [0.15, 0.2) is 53.1 Å². The molecule has 1 aliphatic heterocycles. The molecule has 0 spiro atoms. The van der Waals surface area contributed by atoms with Crippen molar-refractivity contribution in [3.05, 3.63) is 59.2 Å². The molecule has 1 aromatic carbocycles. The highest BCUT2D eigenvalue weighted by Crippen LogP contribution is 2.35. The highest BCUT2D eigenvalue weighted by molar-refractivity contribution is 8.13. The smallest absolute Gasteiger partial charge is 0.310 e. The first-order chi connectivity index (χ1) is 12.0. The summed E-state index contributed by atoms with van der Waals surface area (Å²) < 4.78 is 5.45. The Morgan fingerprint density at radius 3 is 3.04 bits per heavy atom. The predicted molar refractivity (Wildman–Crippen MR) is 103 cm³/mol. The van der Waals surface area contributed by atoms with Gasteiger partial charge in [-0.1, -0.05) is 48.2 Å². The molecule has 2 N–H and O–H groups in total. The lowest BCUT2D eigenvalue weighted by Crippen LogP contribution is -2.28. The van der Waals surface area contributed by atoms with E-state index in [4.69, 9.17) is 10.5 Å². The Balaban J connectivity index is 1.62. The average molecular weight is 356 g/mol. The second-order valence-corrected chi connectivity index (χ2v) is 7.73. The van der Waals surface area contributed by atoms with Crippen LogP contribution in [0.3, 0.4) is 0 Å². The molecule has 2 aliphatic rings. The second-order valence-electron chi connectivity index (χ2n) is 6.62. The first-order valence-corrected chi connectivity index (χ1v) is 9.62.